The largest absolute Gasteiger partial charge is 0.490 e. The zero-order valence-corrected chi connectivity index (χ0v) is 19.8. The maximum Gasteiger partial charge on any atom is 0.219 e. The van der Waals surface area contributed by atoms with E-state index < -0.39 is 17.0 Å². The Bertz CT molecular complexity index is 964. The van der Waals surface area contributed by atoms with Gasteiger partial charge in [0.1, 0.15) is 23.8 Å². The van der Waals surface area contributed by atoms with Crippen molar-refractivity contribution in [2.24, 2.45) is 0 Å². The van der Waals surface area contributed by atoms with Crippen LogP contribution in [0.4, 0.5) is 4.39 Å². The highest BCUT2D eigenvalue weighted by Gasteiger charge is 2.41. The summed E-state index contributed by atoms with van der Waals surface area (Å²) in [6.07, 6.45) is 3.22. The second kappa shape index (κ2) is 10.4. The van der Waals surface area contributed by atoms with Crippen molar-refractivity contribution < 1.29 is 24.1 Å². The molecular formula is C27H35FN2O4. The number of aliphatic hydroxyl groups is 2. The van der Waals surface area contributed by atoms with Gasteiger partial charge in [-0.25, -0.2) is 4.39 Å². The van der Waals surface area contributed by atoms with Crippen molar-refractivity contribution in [2.75, 3.05) is 39.3 Å². The van der Waals surface area contributed by atoms with Gasteiger partial charge in [-0.05, 0) is 49.3 Å². The van der Waals surface area contributed by atoms with Crippen LogP contribution in [0.25, 0.3) is 0 Å². The molecule has 1 heterocycles. The first-order valence-electron chi connectivity index (χ1n) is 12.1. The minimum Gasteiger partial charge on any atom is -0.490 e. The third kappa shape index (κ3) is 6.34. The van der Waals surface area contributed by atoms with Crippen LogP contribution in [0.15, 0.2) is 54.6 Å². The van der Waals surface area contributed by atoms with E-state index in [0.29, 0.717) is 44.1 Å². The third-order valence-electron chi connectivity index (χ3n) is 7.14. The van der Waals surface area contributed by atoms with Gasteiger partial charge in [0, 0.05) is 39.2 Å². The lowest BCUT2D eigenvalue weighted by molar-refractivity contribution is -0.132. The zero-order chi connectivity index (χ0) is 24.2. The predicted molar refractivity (Wildman–Crippen MR) is 128 cm³/mol. The van der Waals surface area contributed by atoms with Gasteiger partial charge in [0.15, 0.2) is 0 Å². The molecule has 34 heavy (non-hydrogen) atoms. The lowest BCUT2D eigenvalue weighted by Gasteiger charge is -2.40. The number of halogens is 1. The Morgan fingerprint density at radius 1 is 1.03 bits per heavy atom. The van der Waals surface area contributed by atoms with Crippen molar-refractivity contribution in [1.29, 1.82) is 0 Å². The van der Waals surface area contributed by atoms with E-state index >= 15 is 0 Å². The highest BCUT2D eigenvalue weighted by atomic mass is 19.1. The summed E-state index contributed by atoms with van der Waals surface area (Å²) >= 11 is 0. The van der Waals surface area contributed by atoms with Crippen LogP contribution in [0.1, 0.15) is 44.1 Å². The molecule has 2 aliphatic rings. The maximum absolute atomic E-state index is 13.5. The zero-order valence-electron chi connectivity index (χ0n) is 19.8. The summed E-state index contributed by atoms with van der Waals surface area (Å²) in [7, 11) is 0. The molecule has 2 N–H and O–H groups in total. The topological polar surface area (TPSA) is 73.2 Å². The molecule has 1 saturated carbocycles. The van der Waals surface area contributed by atoms with Crippen molar-refractivity contribution in [2.45, 2.75) is 49.7 Å². The van der Waals surface area contributed by atoms with Gasteiger partial charge in [-0.1, -0.05) is 36.4 Å². The van der Waals surface area contributed by atoms with E-state index in [1.165, 1.54) is 24.6 Å². The molecule has 2 fully saturated rings. The van der Waals surface area contributed by atoms with Crippen LogP contribution in [-0.2, 0) is 4.79 Å². The Hall–Kier alpha value is -2.48. The molecule has 1 atom stereocenters. The van der Waals surface area contributed by atoms with Crippen molar-refractivity contribution in [3.8, 4) is 5.75 Å². The fourth-order valence-electron chi connectivity index (χ4n) is 5.30. The van der Waals surface area contributed by atoms with Gasteiger partial charge in [-0.2, -0.15) is 0 Å². The number of carbonyl (C=O) groups excluding carboxylic acids is 1. The van der Waals surface area contributed by atoms with Gasteiger partial charge in [0.05, 0.1) is 12.1 Å². The molecule has 0 spiro atoms. The summed E-state index contributed by atoms with van der Waals surface area (Å²) in [6.45, 7) is 3.27. The number of carbonyl (C=O) groups is 1. The van der Waals surface area contributed by atoms with Crippen LogP contribution in [-0.4, -0.2) is 76.5 Å². The Labute approximate surface area is 200 Å². The number of hydrogen-bond donors (Lipinski definition) is 2. The summed E-state index contributed by atoms with van der Waals surface area (Å²) in [5.74, 6) is 0.255. The highest BCUT2D eigenvalue weighted by molar-refractivity contribution is 5.73. The van der Waals surface area contributed by atoms with Crippen molar-refractivity contribution in [3.63, 3.8) is 0 Å². The van der Waals surface area contributed by atoms with Gasteiger partial charge in [0.2, 0.25) is 5.91 Å². The SMILES string of the molecule is CC(=O)N1CCN(CC2(O)CCC(c3ccccc3)CC2)C[C@](O)(COc2cccc(F)c2)C1. The maximum atomic E-state index is 13.5. The van der Waals surface area contributed by atoms with Crippen LogP contribution in [0.2, 0.25) is 0 Å². The third-order valence-corrected chi connectivity index (χ3v) is 7.14. The van der Waals surface area contributed by atoms with E-state index in [4.69, 9.17) is 4.74 Å². The second-order valence-electron chi connectivity index (χ2n) is 10.0. The summed E-state index contributed by atoms with van der Waals surface area (Å²) in [5, 5.41) is 22.8. The lowest BCUT2D eigenvalue weighted by Crippen LogP contribution is -2.54. The summed E-state index contributed by atoms with van der Waals surface area (Å²) in [5.41, 5.74) is -0.854. The minimum absolute atomic E-state index is 0.0781. The Morgan fingerprint density at radius 2 is 1.76 bits per heavy atom. The molecule has 6 nitrogen and oxygen atoms in total. The lowest BCUT2D eigenvalue weighted by atomic mass is 9.76. The number of ether oxygens (including phenoxy) is 1. The fourth-order valence-corrected chi connectivity index (χ4v) is 5.30. The molecule has 4 rings (SSSR count). The molecule has 0 aromatic heterocycles. The second-order valence-corrected chi connectivity index (χ2v) is 10.0. The Balaban J connectivity index is 1.41. The number of hydrogen-bond acceptors (Lipinski definition) is 5. The van der Waals surface area contributed by atoms with Crippen LogP contribution < -0.4 is 4.74 Å². The molecule has 1 aliphatic carbocycles. The molecule has 0 radical (unpaired) electrons. The van der Waals surface area contributed by atoms with Crippen molar-refractivity contribution in [1.82, 2.24) is 9.80 Å². The van der Waals surface area contributed by atoms with E-state index in [2.05, 4.69) is 24.3 Å². The number of rotatable bonds is 6. The number of benzene rings is 2. The Kier molecular flexibility index (Phi) is 7.55. The van der Waals surface area contributed by atoms with E-state index in [0.717, 1.165) is 12.8 Å². The van der Waals surface area contributed by atoms with Gasteiger partial charge in [-0.3, -0.25) is 9.69 Å². The van der Waals surface area contributed by atoms with Gasteiger partial charge < -0.3 is 19.8 Å². The van der Waals surface area contributed by atoms with E-state index in [-0.39, 0.29) is 25.6 Å². The first-order valence-corrected chi connectivity index (χ1v) is 12.1. The van der Waals surface area contributed by atoms with E-state index in [1.807, 2.05) is 11.0 Å². The summed E-state index contributed by atoms with van der Waals surface area (Å²) < 4.78 is 19.3. The van der Waals surface area contributed by atoms with Crippen LogP contribution in [0.3, 0.4) is 0 Å². The molecule has 1 aliphatic heterocycles. The predicted octanol–water partition coefficient (Wildman–Crippen LogP) is 3.19. The number of β-amino-alcohol motifs (C(OH)–C–C–N with tert-alkyl or cyclic N) is 2. The molecule has 7 heteroatoms. The molecular weight excluding hydrogens is 435 g/mol. The molecule has 1 saturated heterocycles. The van der Waals surface area contributed by atoms with Gasteiger partial charge in [-0.15, -0.1) is 0 Å². The number of nitrogens with zero attached hydrogens (tertiary/aromatic N) is 2. The normalized spacial score (nSPS) is 28.4. The average Bonchev–Trinajstić information content (AvgIpc) is 2.98. The number of amides is 1. The summed E-state index contributed by atoms with van der Waals surface area (Å²) in [6, 6.07) is 16.2. The minimum atomic E-state index is -1.34. The van der Waals surface area contributed by atoms with Crippen molar-refractivity contribution >= 4 is 5.91 Å². The molecule has 0 unspecified atom stereocenters. The van der Waals surface area contributed by atoms with Crippen LogP contribution >= 0.6 is 0 Å². The van der Waals surface area contributed by atoms with Gasteiger partial charge >= 0.3 is 0 Å². The molecule has 2 aromatic rings. The molecule has 1 amide bonds. The first-order chi connectivity index (χ1) is 16.2. The van der Waals surface area contributed by atoms with Crippen LogP contribution in [0.5, 0.6) is 5.75 Å². The van der Waals surface area contributed by atoms with Gasteiger partial charge in [0.25, 0.3) is 0 Å². The van der Waals surface area contributed by atoms with Crippen LogP contribution in [0, 0.1) is 5.82 Å². The van der Waals surface area contributed by atoms with E-state index in [1.54, 1.807) is 17.0 Å². The van der Waals surface area contributed by atoms with E-state index in [9.17, 15) is 19.4 Å². The summed E-state index contributed by atoms with van der Waals surface area (Å²) in [4.78, 5) is 15.8. The first kappa shape index (κ1) is 24.6. The average molecular weight is 471 g/mol. The molecule has 0 bridgehead atoms. The highest BCUT2D eigenvalue weighted by Crippen LogP contribution is 2.38. The monoisotopic (exact) mass is 470 g/mol. The standard InChI is InChI=1S/C27H35FN2O4/c1-21(31)30-15-14-29(18-27(33,19-30)20-34-25-9-5-8-24(28)16-25)17-26(32)12-10-23(11-13-26)22-6-3-2-4-7-22/h2-9,16,23,32-33H,10-15,17-20H2,1H3/t23?,26?,27-/m1/s1. The smallest absolute Gasteiger partial charge is 0.219 e. The fraction of sp³-hybridized carbons (Fsp3) is 0.519. The van der Waals surface area contributed by atoms with Crippen molar-refractivity contribution in [3.05, 3.63) is 66.0 Å². The Morgan fingerprint density at radius 3 is 2.44 bits per heavy atom. The molecule has 2 aromatic carbocycles. The quantitative estimate of drug-likeness (QED) is 0.679. The molecule has 184 valence electrons.